The maximum atomic E-state index is 6.26. The molecule has 0 aliphatic heterocycles. The zero-order valence-corrected chi connectivity index (χ0v) is 13.1. The summed E-state index contributed by atoms with van der Waals surface area (Å²) in [5, 5.41) is 4.55. The zero-order valence-electron chi connectivity index (χ0n) is 13.1. The highest BCUT2D eigenvalue weighted by Gasteiger charge is 2.28. The first kappa shape index (κ1) is 14.9. The molecule has 0 aliphatic rings. The molecule has 0 amide bonds. The maximum Gasteiger partial charge on any atom is 0.150 e. The van der Waals surface area contributed by atoms with Gasteiger partial charge in [-0.3, -0.25) is 4.68 Å². The van der Waals surface area contributed by atoms with Crippen molar-refractivity contribution in [3.63, 3.8) is 0 Å². The number of nitrogens with zero attached hydrogens (tertiary/aromatic N) is 3. The molecule has 0 saturated heterocycles. The Morgan fingerprint density at radius 2 is 1.72 bits per heavy atom. The molecule has 1 aromatic rings. The normalized spacial score (nSPS) is 14.1. The average molecular weight is 252 g/mol. The SMILES string of the molecule is CC(C)c1nn(C)c(N(C)C(C)C(C)(C)C)c1N. The Kier molecular flexibility index (Phi) is 3.99. The van der Waals surface area contributed by atoms with Crippen LogP contribution in [0.15, 0.2) is 0 Å². The van der Waals surface area contributed by atoms with E-state index in [1.54, 1.807) is 0 Å². The maximum absolute atomic E-state index is 6.26. The Labute approximate surface area is 111 Å². The number of hydrogen-bond acceptors (Lipinski definition) is 3. The highest BCUT2D eigenvalue weighted by Crippen LogP contribution is 2.34. The van der Waals surface area contributed by atoms with Gasteiger partial charge in [0.25, 0.3) is 0 Å². The average Bonchev–Trinajstić information content (AvgIpc) is 2.51. The number of nitrogen functional groups attached to an aromatic ring is 1. The minimum Gasteiger partial charge on any atom is -0.394 e. The lowest BCUT2D eigenvalue weighted by atomic mass is 9.87. The van der Waals surface area contributed by atoms with Gasteiger partial charge in [-0.25, -0.2) is 0 Å². The third kappa shape index (κ3) is 2.62. The standard InChI is InChI=1S/C14H28N4/c1-9(2)12-11(15)13(18(8)16-12)17(7)10(3)14(4,5)6/h9-10H,15H2,1-8H3. The molecule has 2 N–H and O–H groups in total. The summed E-state index contributed by atoms with van der Waals surface area (Å²) in [6, 6.07) is 0.384. The molecule has 104 valence electrons. The molecule has 1 rings (SSSR count). The van der Waals surface area contributed by atoms with E-state index in [9.17, 15) is 0 Å². The molecule has 18 heavy (non-hydrogen) atoms. The first-order chi connectivity index (χ1) is 8.07. The third-order valence-corrected chi connectivity index (χ3v) is 3.80. The van der Waals surface area contributed by atoms with Gasteiger partial charge in [0, 0.05) is 20.1 Å². The second-order valence-corrected chi connectivity index (χ2v) is 6.55. The highest BCUT2D eigenvalue weighted by atomic mass is 15.4. The summed E-state index contributed by atoms with van der Waals surface area (Å²) >= 11 is 0. The fourth-order valence-corrected chi connectivity index (χ4v) is 2.16. The van der Waals surface area contributed by atoms with Gasteiger partial charge in [0.05, 0.1) is 11.4 Å². The second kappa shape index (κ2) is 4.82. The fourth-order valence-electron chi connectivity index (χ4n) is 2.16. The van der Waals surface area contributed by atoms with Crippen molar-refractivity contribution in [2.45, 2.75) is 53.5 Å². The van der Waals surface area contributed by atoms with E-state index in [0.29, 0.717) is 12.0 Å². The summed E-state index contributed by atoms with van der Waals surface area (Å²) in [5.41, 5.74) is 8.26. The van der Waals surface area contributed by atoms with Crippen molar-refractivity contribution >= 4 is 11.5 Å². The number of aryl methyl sites for hydroxylation is 1. The third-order valence-electron chi connectivity index (χ3n) is 3.80. The van der Waals surface area contributed by atoms with Gasteiger partial charge in [-0.05, 0) is 18.3 Å². The summed E-state index contributed by atoms with van der Waals surface area (Å²) in [6.07, 6.45) is 0. The van der Waals surface area contributed by atoms with Crippen molar-refractivity contribution in [2.24, 2.45) is 12.5 Å². The Bertz CT molecular complexity index is 412. The number of rotatable bonds is 3. The molecule has 0 fully saturated rings. The van der Waals surface area contributed by atoms with Crippen LogP contribution in [0.3, 0.4) is 0 Å². The van der Waals surface area contributed by atoms with Gasteiger partial charge >= 0.3 is 0 Å². The van der Waals surface area contributed by atoms with E-state index in [2.05, 4.69) is 58.6 Å². The fraction of sp³-hybridized carbons (Fsp3) is 0.786. The lowest BCUT2D eigenvalue weighted by Gasteiger charge is -2.36. The molecular formula is C14H28N4. The first-order valence-corrected chi connectivity index (χ1v) is 6.62. The molecule has 0 spiro atoms. The zero-order chi connectivity index (χ0) is 14.2. The Morgan fingerprint density at radius 1 is 1.22 bits per heavy atom. The summed E-state index contributed by atoms with van der Waals surface area (Å²) in [6.45, 7) is 13.2. The second-order valence-electron chi connectivity index (χ2n) is 6.55. The van der Waals surface area contributed by atoms with E-state index in [-0.39, 0.29) is 5.41 Å². The smallest absolute Gasteiger partial charge is 0.150 e. The van der Waals surface area contributed by atoms with Gasteiger partial charge in [-0.1, -0.05) is 34.6 Å². The Morgan fingerprint density at radius 3 is 2.06 bits per heavy atom. The van der Waals surface area contributed by atoms with E-state index in [0.717, 1.165) is 17.2 Å². The van der Waals surface area contributed by atoms with E-state index >= 15 is 0 Å². The predicted octanol–water partition coefficient (Wildman–Crippen LogP) is 3.00. The first-order valence-electron chi connectivity index (χ1n) is 6.62. The molecule has 1 atom stereocenters. The molecule has 0 bridgehead atoms. The van der Waals surface area contributed by atoms with Crippen LogP contribution in [0.1, 0.15) is 53.2 Å². The summed E-state index contributed by atoms with van der Waals surface area (Å²) in [7, 11) is 4.05. The van der Waals surface area contributed by atoms with Crippen LogP contribution in [0, 0.1) is 5.41 Å². The van der Waals surface area contributed by atoms with Gasteiger partial charge in [0.15, 0.2) is 0 Å². The minimum atomic E-state index is 0.198. The van der Waals surface area contributed by atoms with Crippen LogP contribution in [0.2, 0.25) is 0 Å². The van der Waals surface area contributed by atoms with E-state index in [4.69, 9.17) is 5.73 Å². The Hall–Kier alpha value is -1.19. The quantitative estimate of drug-likeness (QED) is 0.899. The molecule has 1 unspecified atom stereocenters. The topological polar surface area (TPSA) is 47.1 Å². The minimum absolute atomic E-state index is 0.198. The van der Waals surface area contributed by atoms with E-state index in [1.807, 2.05) is 11.7 Å². The van der Waals surface area contributed by atoms with Crippen LogP contribution in [0.4, 0.5) is 11.5 Å². The van der Waals surface area contributed by atoms with Gasteiger partial charge in [0.1, 0.15) is 5.82 Å². The predicted molar refractivity (Wildman–Crippen MR) is 79.0 cm³/mol. The van der Waals surface area contributed by atoms with Crippen molar-refractivity contribution < 1.29 is 0 Å². The lowest BCUT2D eigenvalue weighted by Crippen LogP contribution is -2.40. The largest absolute Gasteiger partial charge is 0.394 e. The van der Waals surface area contributed by atoms with Gasteiger partial charge < -0.3 is 10.6 Å². The van der Waals surface area contributed by atoms with Crippen molar-refractivity contribution in [3.8, 4) is 0 Å². The van der Waals surface area contributed by atoms with E-state index < -0.39 is 0 Å². The van der Waals surface area contributed by atoms with Crippen molar-refractivity contribution in [2.75, 3.05) is 17.7 Å². The van der Waals surface area contributed by atoms with E-state index in [1.165, 1.54) is 0 Å². The van der Waals surface area contributed by atoms with Crippen LogP contribution in [0.5, 0.6) is 0 Å². The summed E-state index contributed by atoms with van der Waals surface area (Å²) in [4.78, 5) is 2.23. The van der Waals surface area contributed by atoms with Gasteiger partial charge in [0.2, 0.25) is 0 Å². The number of hydrogen-bond donors (Lipinski definition) is 1. The molecular weight excluding hydrogens is 224 g/mol. The number of anilines is 2. The van der Waals surface area contributed by atoms with Crippen LogP contribution in [0.25, 0.3) is 0 Å². The molecule has 1 heterocycles. The molecule has 1 aromatic heterocycles. The monoisotopic (exact) mass is 252 g/mol. The molecule has 0 aromatic carbocycles. The summed E-state index contributed by atoms with van der Waals surface area (Å²) < 4.78 is 1.90. The Balaban J connectivity index is 3.18. The number of aromatic nitrogens is 2. The van der Waals surface area contributed by atoms with Crippen molar-refractivity contribution in [1.82, 2.24) is 9.78 Å². The lowest BCUT2D eigenvalue weighted by molar-refractivity contribution is 0.327. The van der Waals surface area contributed by atoms with Gasteiger partial charge in [-0.2, -0.15) is 5.10 Å². The van der Waals surface area contributed by atoms with Crippen LogP contribution in [-0.4, -0.2) is 22.9 Å². The number of nitrogens with two attached hydrogens (primary N) is 1. The van der Waals surface area contributed by atoms with Gasteiger partial charge in [-0.15, -0.1) is 0 Å². The molecule has 0 aliphatic carbocycles. The van der Waals surface area contributed by atoms with Crippen LogP contribution < -0.4 is 10.6 Å². The van der Waals surface area contributed by atoms with Crippen LogP contribution in [-0.2, 0) is 7.05 Å². The molecule has 4 heteroatoms. The summed E-state index contributed by atoms with van der Waals surface area (Å²) in [5.74, 6) is 1.37. The van der Waals surface area contributed by atoms with Crippen molar-refractivity contribution in [3.05, 3.63) is 5.69 Å². The van der Waals surface area contributed by atoms with Crippen molar-refractivity contribution in [1.29, 1.82) is 0 Å². The molecule has 0 radical (unpaired) electrons. The van der Waals surface area contributed by atoms with Crippen LogP contribution >= 0.6 is 0 Å². The molecule has 0 saturated carbocycles. The highest BCUT2D eigenvalue weighted by molar-refractivity contribution is 5.67. The molecule has 4 nitrogen and oxygen atoms in total.